The van der Waals surface area contributed by atoms with E-state index >= 15 is 0 Å². The summed E-state index contributed by atoms with van der Waals surface area (Å²) in [6, 6.07) is 3.36. The van der Waals surface area contributed by atoms with Crippen LogP contribution in [0.3, 0.4) is 0 Å². The van der Waals surface area contributed by atoms with Gasteiger partial charge in [-0.3, -0.25) is 13.9 Å². The Morgan fingerprint density at radius 1 is 0.667 bits per heavy atom. The second kappa shape index (κ2) is 19.6. The molecule has 0 aliphatic rings. The average Bonchev–Trinajstić information content (AvgIpc) is 2.86. The highest BCUT2D eigenvalue weighted by Gasteiger charge is 2.30. The molecule has 0 fully saturated rings. The van der Waals surface area contributed by atoms with Crippen LogP contribution in [0.4, 0.5) is 0 Å². The summed E-state index contributed by atoms with van der Waals surface area (Å²) in [7, 11) is -5.42. The fourth-order valence-corrected chi connectivity index (χ4v) is 6.87. The molecule has 0 saturated carbocycles. The number of benzene rings is 1. The van der Waals surface area contributed by atoms with Crippen LogP contribution in [0.25, 0.3) is 0 Å². The Morgan fingerprint density at radius 2 is 1.08 bits per heavy atom. The van der Waals surface area contributed by atoms with Crippen molar-refractivity contribution in [3.8, 4) is 11.5 Å². The number of carbonyl (C=O) groups is 1. The average molecular weight is 599 g/mol. The quantitative estimate of drug-likeness (QED) is 0.0931. The zero-order chi connectivity index (χ0) is 29.2. The third-order valence-electron chi connectivity index (χ3n) is 4.88. The Morgan fingerprint density at radius 3 is 1.51 bits per heavy atom. The van der Waals surface area contributed by atoms with E-state index in [1.165, 1.54) is 14.0 Å². The maximum Gasteiger partial charge on any atom is 0.335 e. The van der Waals surface area contributed by atoms with E-state index in [-0.39, 0.29) is 71.1 Å². The summed E-state index contributed by atoms with van der Waals surface area (Å²) in [6.07, 6.45) is -0.0868. The highest BCUT2D eigenvalue weighted by molar-refractivity contribution is 7.53. The van der Waals surface area contributed by atoms with Gasteiger partial charge in [0.25, 0.3) is 0 Å². The lowest BCUT2D eigenvalue weighted by Crippen LogP contribution is -2.14. The Balaban J connectivity index is 3.03. The van der Waals surface area contributed by atoms with Crippen molar-refractivity contribution < 1.29 is 55.7 Å². The third-order valence-corrected chi connectivity index (χ3v) is 8.95. The van der Waals surface area contributed by atoms with Gasteiger partial charge in [-0.2, -0.15) is 0 Å². The number of esters is 1. The number of rotatable bonds is 23. The molecule has 0 bridgehead atoms. The predicted octanol–water partition coefficient (Wildman–Crippen LogP) is 5.20. The van der Waals surface area contributed by atoms with Gasteiger partial charge >= 0.3 is 21.2 Å². The number of hydrogen-bond acceptors (Lipinski definition) is 12. The van der Waals surface area contributed by atoms with E-state index in [1.54, 1.807) is 39.8 Å². The van der Waals surface area contributed by atoms with Crippen molar-refractivity contribution in [3.05, 3.63) is 23.3 Å². The lowest BCUT2D eigenvalue weighted by atomic mass is 10.1. The summed E-state index contributed by atoms with van der Waals surface area (Å²) in [5.74, 6) is 0.454. The smallest absolute Gasteiger partial charge is 0.335 e. The molecule has 0 radical (unpaired) electrons. The Labute approximate surface area is 231 Å². The number of hydrogen-bond donors (Lipinski definition) is 0. The van der Waals surface area contributed by atoms with E-state index < -0.39 is 15.2 Å². The third kappa shape index (κ3) is 14.1. The molecular weight excluding hydrogens is 554 g/mol. The van der Waals surface area contributed by atoms with Gasteiger partial charge in [0.05, 0.1) is 72.3 Å². The summed E-state index contributed by atoms with van der Waals surface area (Å²) >= 11 is 0. The van der Waals surface area contributed by atoms with Crippen molar-refractivity contribution in [1.82, 2.24) is 0 Å². The molecule has 0 atom stereocenters. The molecule has 0 saturated heterocycles. The first-order valence-electron chi connectivity index (χ1n) is 13.0. The fourth-order valence-electron chi connectivity index (χ4n) is 3.45. The van der Waals surface area contributed by atoms with Crippen LogP contribution >= 0.6 is 15.2 Å². The molecule has 1 rings (SSSR count). The first-order valence-corrected chi connectivity index (χ1v) is 16.5. The van der Waals surface area contributed by atoms with Gasteiger partial charge < -0.3 is 41.8 Å². The zero-order valence-electron chi connectivity index (χ0n) is 23.9. The van der Waals surface area contributed by atoms with E-state index in [1.807, 2.05) is 0 Å². The van der Waals surface area contributed by atoms with Gasteiger partial charge in [0.1, 0.15) is 24.7 Å². The number of ether oxygens (including phenoxy) is 5. The van der Waals surface area contributed by atoms with Crippen LogP contribution in [-0.4, -0.2) is 79.1 Å². The largest absolute Gasteiger partial charge is 0.496 e. The summed E-state index contributed by atoms with van der Waals surface area (Å²) < 4.78 is 75.6. The lowest BCUT2D eigenvalue weighted by molar-refractivity contribution is -0.142. The van der Waals surface area contributed by atoms with Crippen LogP contribution in [0.1, 0.15) is 45.7 Å². The maximum atomic E-state index is 13.3. The standard InChI is InChI=1S/C25H44O12P2/c1-7-34-38(27,35-8-2)19-22-18-25(33-16-14-31-12-11-30-13-15-32-21(5)26)23(17-24(22)29-6)20-39(28,36-9-3)37-10-4/h17-18H,7-16,19-20H2,1-6H3. The van der Waals surface area contributed by atoms with Crippen LogP contribution in [0.2, 0.25) is 0 Å². The number of methoxy groups -OCH3 is 1. The Kier molecular flexibility index (Phi) is 17.8. The molecular formula is C25H44O12P2. The highest BCUT2D eigenvalue weighted by Crippen LogP contribution is 2.55. The van der Waals surface area contributed by atoms with Crippen molar-refractivity contribution in [2.24, 2.45) is 0 Å². The summed E-state index contributed by atoms with van der Waals surface area (Å²) in [6.45, 7) is 10.7. The van der Waals surface area contributed by atoms with Crippen molar-refractivity contribution in [1.29, 1.82) is 0 Å². The molecule has 0 spiro atoms. The van der Waals surface area contributed by atoms with E-state index in [0.29, 0.717) is 35.8 Å². The van der Waals surface area contributed by atoms with Gasteiger partial charge in [0, 0.05) is 18.1 Å². The summed E-state index contributed by atoms with van der Waals surface area (Å²) in [5.41, 5.74) is 1.09. The monoisotopic (exact) mass is 598 g/mol. The van der Waals surface area contributed by atoms with E-state index in [4.69, 9.17) is 41.8 Å². The first-order chi connectivity index (χ1) is 18.7. The van der Waals surface area contributed by atoms with Crippen LogP contribution in [-0.2, 0) is 58.6 Å². The molecule has 0 amide bonds. The molecule has 1 aromatic rings. The van der Waals surface area contributed by atoms with Crippen molar-refractivity contribution in [2.45, 2.75) is 46.9 Å². The van der Waals surface area contributed by atoms with Crippen LogP contribution in [0.15, 0.2) is 12.1 Å². The van der Waals surface area contributed by atoms with Crippen molar-refractivity contribution >= 4 is 21.2 Å². The second-order valence-corrected chi connectivity index (χ2v) is 12.0. The normalized spacial score (nSPS) is 11.9. The Hall–Kier alpha value is -1.49. The van der Waals surface area contributed by atoms with Gasteiger partial charge in [-0.05, 0) is 39.8 Å². The SMILES string of the molecule is CCOP(=O)(Cc1cc(OCCOCCOCCOC(C)=O)c(CP(=O)(OCC)OCC)cc1OC)OCC. The van der Waals surface area contributed by atoms with Crippen molar-refractivity contribution in [2.75, 3.05) is 73.2 Å². The first kappa shape index (κ1) is 35.5. The van der Waals surface area contributed by atoms with Crippen molar-refractivity contribution in [3.63, 3.8) is 0 Å². The van der Waals surface area contributed by atoms with Gasteiger partial charge in [0.15, 0.2) is 0 Å². The minimum atomic E-state index is -3.46. The molecule has 0 aromatic heterocycles. The maximum absolute atomic E-state index is 13.3. The predicted molar refractivity (Wildman–Crippen MR) is 146 cm³/mol. The molecule has 226 valence electrons. The molecule has 0 N–H and O–H groups in total. The minimum absolute atomic E-state index is 0.0374. The Bertz CT molecular complexity index is 920. The molecule has 0 unspecified atom stereocenters. The van der Waals surface area contributed by atoms with Crippen LogP contribution < -0.4 is 9.47 Å². The van der Waals surface area contributed by atoms with Crippen LogP contribution in [0.5, 0.6) is 11.5 Å². The molecule has 39 heavy (non-hydrogen) atoms. The molecule has 1 aromatic carbocycles. The molecule has 0 aliphatic carbocycles. The second-order valence-electron chi connectivity index (χ2n) is 7.89. The van der Waals surface area contributed by atoms with E-state index in [9.17, 15) is 13.9 Å². The topological polar surface area (TPSA) is 134 Å². The molecule has 14 heteroatoms. The lowest BCUT2D eigenvalue weighted by Gasteiger charge is -2.22. The number of carbonyl (C=O) groups excluding carboxylic acids is 1. The van der Waals surface area contributed by atoms with E-state index in [0.717, 1.165) is 0 Å². The van der Waals surface area contributed by atoms with E-state index in [2.05, 4.69) is 0 Å². The summed E-state index contributed by atoms with van der Waals surface area (Å²) in [4.78, 5) is 10.7. The van der Waals surface area contributed by atoms with Gasteiger partial charge in [-0.1, -0.05) is 0 Å². The minimum Gasteiger partial charge on any atom is -0.496 e. The van der Waals surface area contributed by atoms with Gasteiger partial charge in [-0.15, -0.1) is 0 Å². The summed E-state index contributed by atoms with van der Waals surface area (Å²) in [5, 5.41) is 0. The zero-order valence-corrected chi connectivity index (χ0v) is 25.7. The molecule has 12 nitrogen and oxygen atoms in total. The molecule has 0 heterocycles. The van der Waals surface area contributed by atoms with Gasteiger partial charge in [-0.25, -0.2) is 0 Å². The van der Waals surface area contributed by atoms with Crippen LogP contribution in [0, 0.1) is 0 Å². The van der Waals surface area contributed by atoms with Gasteiger partial charge in [0.2, 0.25) is 0 Å². The molecule has 0 aliphatic heterocycles. The fraction of sp³-hybridized carbons (Fsp3) is 0.720. The highest BCUT2D eigenvalue weighted by atomic mass is 31.2.